The maximum absolute atomic E-state index is 12.0. The maximum atomic E-state index is 12.0. The zero-order valence-electron chi connectivity index (χ0n) is 10.4. The Morgan fingerprint density at radius 1 is 1.56 bits per heavy atom. The van der Waals surface area contributed by atoms with Crippen LogP contribution in [0.2, 0.25) is 5.02 Å². The monoisotopic (exact) mass is 264 g/mol. The molecule has 96 valence electrons. The number of carbonyl (C=O) groups excluding carboxylic acids is 1. The lowest BCUT2D eigenvalue weighted by molar-refractivity contribution is -0.123. The number of rotatable bonds is 3. The fourth-order valence-corrected chi connectivity index (χ4v) is 3.00. The molecule has 2 N–H and O–H groups in total. The van der Waals surface area contributed by atoms with Crippen LogP contribution < -0.4 is 10.6 Å². The summed E-state index contributed by atoms with van der Waals surface area (Å²) in [5.41, 5.74) is 1.41. The van der Waals surface area contributed by atoms with E-state index in [0.717, 1.165) is 12.0 Å². The molecule has 2 aliphatic rings. The van der Waals surface area contributed by atoms with Gasteiger partial charge in [-0.05, 0) is 36.0 Å². The smallest absolute Gasteiger partial charge is 0.237 e. The number of amides is 1. The van der Waals surface area contributed by atoms with Gasteiger partial charge in [-0.3, -0.25) is 4.79 Å². The Balaban J connectivity index is 1.53. The molecule has 18 heavy (non-hydrogen) atoms. The van der Waals surface area contributed by atoms with Crippen LogP contribution in [0, 0.1) is 5.41 Å². The van der Waals surface area contributed by atoms with Crippen molar-refractivity contribution in [3.05, 3.63) is 34.9 Å². The number of hydrogen-bond donors (Lipinski definition) is 2. The minimum atomic E-state index is -0.0204. The Hall–Kier alpha value is -1.06. The third-order valence-corrected chi connectivity index (χ3v) is 4.33. The van der Waals surface area contributed by atoms with E-state index in [1.54, 1.807) is 0 Å². The Kier molecular flexibility index (Phi) is 2.83. The first-order valence-electron chi connectivity index (χ1n) is 6.35. The molecule has 3 atom stereocenters. The minimum absolute atomic E-state index is 0.0204. The SMILES string of the molecule is CC12CC(C(=O)NCc3cccc(Cl)c3)NC1C2. The second-order valence-electron chi connectivity index (χ2n) is 5.68. The molecule has 1 amide bonds. The van der Waals surface area contributed by atoms with Gasteiger partial charge in [-0.25, -0.2) is 0 Å². The molecule has 1 aliphatic heterocycles. The third-order valence-electron chi connectivity index (χ3n) is 4.10. The molecule has 1 saturated carbocycles. The highest BCUT2D eigenvalue weighted by Gasteiger charge is 2.57. The highest BCUT2D eigenvalue weighted by molar-refractivity contribution is 6.30. The van der Waals surface area contributed by atoms with E-state index in [-0.39, 0.29) is 11.9 Å². The van der Waals surface area contributed by atoms with Crippen molar-refractivity contribution in [3.63, 3.8) is 0 Å². The van der Waals surface area contributed by atoms with Crippen molar-refractivity contribution in [2.24, 2.45) is 5.41 Å². The quantitative estimate of drug-likeness (QED) is 0.878. The summed E-state index contributed by atoms with van der Waals surface area (Å²) in [5.74, 6) is 0.100. The summed E-state index contributed by atoms with van der Waals surface area (Å²) in [6.07, 6.45) is 2.17. The summed E-state index contributed by atoms with van der Waals surface area (Å²) in [7, 11) is 0. The number of benzene rings is 1. The van der Waals surface area contributed by atoms with Gasteiger partial charge < -0.3 is 10.6 Å². The van der Waals surface area contributed by atoms with Crippen LogP contribution in [0.15, 0.2) is 24.3 Å². The summed E-state index contributed by atoms with van der Waals surface area (Å²) in [6, 6.07) is 8.11. The summed E-state index contributed by atoms with van der Waals surface area (Å²) in [5, 5.41) is 7.05. The van der Waals surface area contributed by atoms with Crippen molar-refractivity contribution in [2.45, 2.75) is 38.4 Å². The van der Waals surface area contributed by atoms with Crippen LogP contribution in [0.4, 0.5) is 0 Å². The first kappa shape index (κ1) is 12.0. The van der Waals surface area contributed by atoms with E-state index >= 15 is 0 Å². The molecule has 1 aromatic carbocycles. The van der Waals surface area contributed by atoms with E-state index < -0.39 is 0 Å². The van der Waals surface area contributed by atoms with Crippen LogP contribution in [0.25, 0.3) is 0 Å². The standard InChI is InChI=1S/C14H17ClN2O/c1-14-6-11(17-12(14)7-14)13(18)16-8-9-3-2-4-10(15)5-9/h2-5,11-12,17H,6-8H2,1H3,(H,16,18). The van der Waals surface area contributed by atoms with Crippen molar-refractivity contribution in [1.82, 2.24) is 10.6 Å². The maximum Gasteiger partial charge on any atom is 0.237 e. The van der Waals surface area contributed by atoms with E-state index in [4.69, 9.17) is 11.6 Å². The molecule has 2 fully saturated rings. The van der Waals surface area contributed by atoms with Crippen LogP contribution in [0.3, 0.4) is 0 Å². The van der Waals surface area contributed by atoms with Gasteiger partial charge in [0, 0.05) is 17.6 Å². The molecule has 3 unspecified atom stereocenters. The van der Waals surface area contributed by atoms with E-state index in [1.807, 2.05) is 24.3 Å². The van der Waals surface area contributed by atoms with E-state index in [9.17, 15) is 4.79 Å². The molecule has 3 rings (SSSR count). The van der Waals surface area contributed by atoms with Crippen molar-refractivity contribution < 1.29 is 4.79 Å². The summed E-state index contributed by atoms with van der Waals surface area (Å²) < 4.78 is 0. The predicted molar refractivity (Wildman–Crippen MR) is 71.4 cm³/mol. The molecule has 4 heteroatoms. The molecule has 0 spiro atoms. The van der Waals surface area contributed by atoms with Crippen molar-refractivity contribution in [2.75, 3.05) is 0 Å². The second kappa shape index (κ2) is 4.25. The first-order chi connectivity index (χ1) is 8.57. The Labute approximate surface area is 112 Å². The van der Waals surface area contributed by atoms with Gasteiger partial charge in [0.25, 0.3) is 0 Å². The lowest BCUT2D eigenvalue weighted by Crippen LogP contribution is -2.41. The third kappa shape index (κ3) is 2.25. The number of halogens is 1. The fourth-order valence-electron chi connectivity index (χ4n) is 2.79. The normalized spacial score (nSPS) is 33.0. The van der Waals surface area contributed by atoms with E-state index in [0.29, 0.717) is 23.0 Å². The zero-order valence-corrected chi connectivity index (χ0v) is 11.1. The van der Waals surface area contributed by atoms with Crippen molar-refractivity contribution >= 4 is 17.5 Å². The lowest BCUT2D eigenvalue weighted by atomic mass is 10.0. The van der Waals surface area contributed by atoms with Crippen molar-refractivity contribution in [3.8, 4) is 0 Å². The second-order valence-corrected chi connectivity index (χ2v) is 6.12. The number of fused-ring (bicyclic) bond motifs is 1. The number of carbonyl (C=O) groups is 1. The number of piperidine rings is 1. The van der Waals surface area contributed by atoms with Crippen molar-refractivity contribution in [1.29, 1.82) is 0 Å². The number of hydrogen-bond acceptors (Lipinski definition) is 2. The average molecular weight is 265 g/mol. The predicted octanol–water partition coefficient (Wildman–Crippen LogP) is 2.10. The van der Waals surface area contributed by atoms with Gasteiger partial charge in [-0.15, -0.1) is 0 Å². The number of nitrogens with one attached hydrogen (secondary N) is 2. The van der Waals surface area contributed by atoms with Gasteiger partial charge in [-0.1, -0.05) is 30.7 Å². The molecular weight excluding hydrogens is 248 g/mol. The molecular formula is C14H17ClN2O. The van der Waals surface area contributed by atoms with Gasteiger partial charge in [0.05, 0.1) is 6.04 Å². The van der Waals surface area contributed by atoms with Gasteiger partial charge in [0.15, 0.2) is 0 Å². The molecule has 0 aromatic heterocycles. The van der Waals surface area contributed by atoms with Gasteiger partial charge in [0.1, 0.15) is 0 Å². The highest BCUT2D eigenvalue weighted by Crippen LogP contribution is 2.53. The van der Waals surface area contributed by atoms with Gasteiger partial charge in [0.2, 0.25) is 5.91 Å². The Bertz CT molecular complexity index is 490. The Morgan fingerprint density at radius 3 is 3.06 bits per heavy atom. The topological polar surface area (TPSA) is 41.1 Å². The first-order valence-corrected chi connectivity index (χ1v) is 6.73. The van der Waals surface area contributed by atoms with E-state index in [2.05, 4.69) is 17.6 Å². The highest BCUT2D eigenvalue weighted by atomic mass is 35.5. The van der Waals surface area contributed by atoms with E-state index in [1.165, 1.54) is 6.42 Å². The zero-order chi connectivity index (χ0) is 12.8. The van der Waals surface area contributed by atoms with Crippen LogP contribution in [0.1, 0.15) is 25.3 Å². The molecule has 0 radical (unpaired) electrons. The summed E-state index contributed by atoms with van der Waals surface area (Å²) >= 11 is 5.91. The molecule has 0 bridgehead atoms. The molecule has 1 saturated heterocycles. The summed E-state index contributed by atoms with van der Waals surface area (Å²) in [6.45, 7) is 2.79. The fraction of sp³-hybridized carbons (Fsp3) is 0.500. The minimum Gasteiger partial charge on any atom is -0.351 e. The van der Waals surface area contributed by atoms with Crippen LogP contribution in [0.5, 0.6) is 0 Å². The molecule has 3 nitrogen and oxygen atoms in total. The Morgan fingerprint density at radius 2 is 2.39 bits per heavy atom. The molecule has 1 aromatic rings. The van der Waals surface area contributed by atoms with Gasteiger partial charge in [-0.2, -0.15) is 0 Å². The summed E-state index contributed by atoms with van der Waals surface area (Å²) in [4.78, 5) is 12.0. The van der Waals surface area contributed by atoms with Crippen LogP contribution >= 0.6 is 11.6 Å². The largest absolute Gasteiger partial charge is 0.351 e. The molecule has 1 heterocycles. The molecule has 1 aliphatic carbocycles. The average Bonchev–Trinajstić information content (AvgIpc) is 2.84. The van der Waals surface area contributed by atoms with Gasteiger partial charge >= 0.3 is 0 Å². The van der Waals surface area contributed by atoms with Crippen LogP contribution in [-0.2, 0) is 11.3 Å². The van der Waals surface area contributed by atoms with Crippen LogP contribution in [-0.4, -0.2) is 18.0 Å². The lowest BCUT2D eigenvalue weighted by Gasteiger charge is -2.14.